The van der Waals surface area contributed by atoms with E-state index in [4.69, 9.17) is 10.4 Å². The van der Waals surface area contributed by atoms with E-state index in [-0.39, 0.29) is 5.57 Å². The zero-order chi connectivity index (χ0) is 10.6. The van der Waals surface area contributed by atoms with Crippen molar-refractivity contribution >= 4 is 11.9 Å². The van der Waals surface area contributed by atoms with E-state index < -0.39 is 17.4 Å². The van der Waals surface area contributed by atoms with Crippen molar-refractivity contribution in [1.82, 2.24) is 0 Å². The first-order valence-corrected chi connectivity index (χ1v) is 3.60. The van der Waals surface area contributed by atoms with Crippen LogP contribution in [-0.2, 0) is 14.5 Å². The van der Waals surface area contributed by atoms with Crippen LogP contribution in [-0.4, -0.2) is 22.3 Å². The minimum Gasteiger partial charge on any atom is -0.478 e. The lowest BCUT2D eigenvalue weighted by molar-refractivity contribution is -0.230. The molecule has 0 spiro atoms. The summed E-state index contributed by atoms with van der Waals surface area (Å²) in [6.07, 6.45) is 0.721. The van der Waals surface area contributed by atoms with Crippen LogP contribution < -0.4 is 0 Å². The quantitative estimate of drug-likeness (QED) is 0.384. The van der Waals surface area contributed by atoms with Crippen LogP contribution in [0.15, 0.2) is 11.6 Å². The number of hydrogen-bond donors (Lipinski definition) is 2. The smallest absolute Gasteiger partial charge is 0.369 e. The molecule has 0 bridgehead atoms. The van der Waals surface area contributed by atoms with Gasteiger partial charge >= 0.3 is 11.9 Å². The molecule has 0 aliphatic heterocycles. The zero-order valence-corrected chi connectivity index (χ0v) is 7.70. The number of rotatable bonds is 2. The summed E-state index contributed by atoms with van der Waals surface area (Å²) in [5.41, 5.74) is -0.777. The van der Waals surface area contributed by atoms with Crippen LogP contribution >= 0.6 is 0 Å². The number of carbonyl (C=O) groups excluding carboxylic acids is 1. The van der Waals surface area contributed by atoms with Gasteiger partial charge in [0.15, 0.2) is 0 Å². The summed E-state index contributed by atoms with van der Waals surface area (Å²) >= 11 is 0. The Morgan fingerprint density at radius 3 is 2.00 bits per heavy atom. The molecule has 0 rings (SSSR count). The third-order valence-corrected chi connectivity index (χ3v) is 1.38. The van der Waals surface area contributed by atoms with Gasteiger partial charge in [-0.25, -0.2) is 9.59 Å². The maximum absolute atomic E-state index is 10.9. The Morgan fingerprint density at radius 2 is 1.77 bits per heavy atom. The molecule has 0 fully saturated rings. The van der Waals surface area contributed by atoms with Gasteiger partial charge in [0.05, 0.1) is 5.57 Å². The number of carboxylic acid groups (broad SMARTS) is 1. The normalized spacial score (nSPS) is 12.5. The summed E-state index contributed by atoms with van der Waals surface area (Å²) < 4.78 is 0. The molecule has 5 heteroatoms. The minimum atomic E-state index is -1.25. The van der Waals surface area contributed by atoms with Gasteiger partial charge in [-0.2, -0.15) is 5.26 Å². The van der Waals surface area contributed by atoms with Crippen molar-refractivity contribution in [2.24, 2.45) is 5.41 Å². The van der Waals surface area contributed by atoms with E-state index in [9.17, 15) is 9.59 Å². The first-order valence-electron chi connectivity index (χ1n) is 3.60. The Kier molecular flexibility index (Phi) is 3.62. The summed E-state index contributed by atoms with van der Waals surface area (Å²) in [7, 11) is 0. The highest BCUT2D eigenvalue weighted by atomic mass is 17.1. The fraction of sp³-hybridized carbons (Fsp3) is 0.500. The van der Waals surface area contributed by atoms with E-state index in [1.54, 1.807) is 20.8 Å². The number of carboxylic acids is 1. The molecule has 0 aromatic rings. The average Bonchev–Trinajstić information content (AvgIpc) is 1.96. The Balaban J connectivity index is 4.99. The zero-order valence-electron chi connectivity index (χ0n) is 7.70. The second-order valence-corrected chi connectivity index (χ2v) is 3.52. The molecule has 0 aromatic carbocycles. The lowest BCUT2D eigenvalue weighted by Crippen LogP contribution is -2.20. The largest absolute Gasteiger partial charge is 0.478 e. The van der Waals surface area contributed by atoms with Crippen LogP contribution in [0.25, 0.3) is 0 Å². The van der Waals surface area contributed by atoms with Crippen LogP contribution in [0.1, 0.15) is 20.8 Å². The molecule has 74 valence electrons. The molecule has 0 aliphatic rings. The van der Waals surface area contributed by atoms with Gasteiger partial charge < -0.3 is 5.11 Å². The molecule has 0 radical (unpaired) electrons. The number of hydrogen-bond acceptors (Lipinski definition) is 4. The van der Waals surface area contributed by atoms with Crippen LogP contribution in [0.3, 0.4) is 0 Å². The molecule has 0 aromatic heterocycles. The molecule has 0 amide bonds. The predicted molar refractivity (Wildman–Crippen MR) is 43.9 cm³/mol. The Hall–Kier alpha value is -1.36. The summed E-state index contributed by atoms with van der Waals surface area (Å²) in [4.78, 5) is 24.7. The van der Waals surface area contributed by atoms with Gasteiger partial charge in [-0.1, -0.05) is 20.8 Å². The van der Waals surface area contributed by atoms with Gasteiger partial charge in [-0.15, -0.1) is 0 Å². The summed E-state index contributed by atoms with van der Waals surface area (Å²) in [6.45, 7) is 4.91. The lowest BCUT2D eigenvalue weighted by Gasteiger charge is -2.18. The summed E-state index contributed by atoms with van der Waals surface area (Å²) in [6, 6.07) is 0. The van der Waals surface area contributed by atoms with Gasteiger partial charge in [-0.3, -0.25) is 4.89 Å². The third-order valence-electron chi connectivity index (χ3n) is 1.38. The molecule has 0 atom stereocenters. The second kappa shape index (κ2) is 4.04. The highest BCUT2D eigenvalue weighted by Gasteiger charge is 2.26. The van der Waals surface area contributed by atoms with Crippen LogP contribution in [0.5, 0.6) is 0 Å². The van der Waals surface area contributed by atoms with Crippen LogP contribution in [0.4, 0.5) is 0 Å². The van der Waals surface area contributed by atoms with Crippen molar-refractivity contribution in [1.29, 1.82) is 0 Å². The lowest BCUT2D eigenvalue weighted by atomic mass is 9.86. The molecule has 0 saturated heterocycles. The van der Waals surface area contributed by atoms with Crippen molar-refractivity contribution in [3.8, 4) is 0 Å². The Morgan fingerprint density at radius 1 is 1.31 bits per heavy atom. The van der Waals surface area contributed by atoms with Crippen molar-refractivity contribution in [2.75, 3.05) is 0 Å². The highest BCUT2D eigenvalue weighted by Crippen LogP contribution is 2.25. The first kappa shape index (κ1) is 11.6. The molecule has 0 saturated carbocycles. The molecular formula is C8H12O5. The van der Waals surface area contributed by atoms with E-state index in [1.807, 2.05) is 0 Å². The van der Waals surface area contributed by atoms with E-state index in [0.29, 0.717) is 0 Å². The Labute approximate surface area is 75.6 Å². The van der Waals surface area contributed by atoms with Crippen molar-refractivity contribution in [3.05, 3.63) is 11.6 Å². The van der Waals surface area contributed by atoms with Crippen molar-refractivity contribution in [3.63, 3.8) is 0 Å². The molecule has 0 heterocycles. The monoisotopic (exact) mass is 188 g/mol. The summed E-state index contributed by atoms with van der Waals surface area (Å²) in [5.74, 6) is -2.30. The van der Waals surface area contributed by atoms with Gasteiger partial charge in [0.2, 0.25) is 0 Å². The van der Waals surface area contributed by atoms with Crippen molar-refractivity contribution < 1.29 is 24.8 Å². The van der Waals surface area contributed by atoms with Crippen LogP contribution in [0, 0.1) is 5.41 Å². The standard InChI is InChI=1S/C8H12O5/c1-8(2,3)5(4-6(9)10)7(11)13-12/h4,12H,1-3H3,(H,9,10). The van der Waals surface area contributed by atoms with Gasteiger partial charge in [0.25, 0.3) is 0 Å². The number of aliphatic carboxylic acids is 1. The SMILES string of the molecule is CC(C)(C)C(=CC(=O)O)C(=O)OO. The van der Waals surface area contributed by atoms with E-state index in [2.05, 4.69) is 4.89 Å². The second-order valence-electron chi connectivity index (χ2n) is 3.52. The number of carbonyl (C=O) groups is 2. The van der Waals surface area contributed by atoms with E-state index in [1.165, 1.54) is 0 Å². The van der Waals surface area contributed by atoms with Crippen molar-refractivity contribution in [2.45, 2.75) is 20.8 Å². The van der Waals surface area contributed by atoms with Gasteiger partial charge in [-0.05, 0) is 5.41 Å². The third kappa shape index (κ3) is 3.71. The van der Waals surface area contributed by atoms with Crippen LogP contribution in [0.2, 0.25) is 0 Å². The fourth-order valence-electron chi connectivity index (χ4n) is 0.754. The van der Waals surface area contributed by atoms with E-state index in [0.717, 1.165) is 6.08 Å². The molecule has 0 unspecified atom stereocenters. The molecule has 13 heavy (non-hydrogen) atoms. The summed E-state index contributed by atoms with van der Waals surface area (Å²) in [5, 5.41) is 16.5. The van der Waals surface area contributed by atoms with Gasteiger partial charge in [0.1, 0.15) is 0 Å². The molecule has 5 nitrogen and oxygen atoms in total. The minimum absolute atomic E-state index is 0.0949. The topological polar surface area (TPSA) is 83.8 Å². The molecule has 2 N–H and O–H groups in total. The fourth-order valence-corrected chi connectivity index (χ4v) is 0.754. The maximum atomic E-state index is 10.9. The maximum Gasteiger partial charge on any atom is 0.369 e. The average molecular weight is 188 g/mol. The highest BCUT2D eigenvalue weighted by molar-refractivity contribution is 5.96. The molecule has 0 aliphatic carbocycles. The Bertz CT molecular complexity index is 246. The first-order chi connectivity index (χ1) is 5.79. The molecular weight excluding hydrogens is 176 g/mol. The van der Waals surface area contributed by atoms with E-state index >= 15 is 0 Å². The van der Waals surface area contributed by atoms with Gasteiger partial charge in [0, 0.05) is 6.08 Å². The predicted octanol–water partition coefficient (Wildman–Crippen LogP) is 1.06.